The number of rotatable bonds is 7. The summed E-state index contributed by atoms with van der Waals surface area (Å²) in [5, 5.41) is 4.01. The summed E-state index contributed by atoms with van der Waals surface area (Å²) in [6.45, 7) is 2.42. The third-order valence-electron chi connectivity index (χ3n) is 5.65. The Morgan fingerprint density at radius 1 is 1.00 bits per heavy atom. The molecule has 36 heavy (non-hydrogen) atoms. The number of amides is 1. The second-order valence-electron chi connectivity index (χ2n) is 8.21. The lowest BCUT2D eigenvalue weighted by atomic mass is 10.0. The Kier molecular flexibility index (Phi) is 6.60. The van der Waals surface area contributed by atoms with Crippen LogP contribution in [0.2, 0.25) is 0 Å². The summed E-state index contributed by atoms with van der Waals surface area (Å²) in [5.74, 6) is -0.736. The Morgan fingerprint density at radius 2 is 1.86 bits per heavy atom. The first-order chi connectivity index (χ1) is 17.5. The average Bonchev–Trinajstić information content (AvgIpc) is 3.30. The van der Waals surface area contributed by atoms with Gasteiger partial charge < -0.3 is 9.15 Å². The van der Waals surface area contributed by atoms with E-state index >= 15 is 0 Å². The van der Waals surface area contributed by atoms with Crippen molar-refractivity contribution in [2.45, 2.75) is 19.8 Å². The van der Waals surface area contributed by atoms with Crippen LogP contribution in [0.4, 0.5) is 5.13 Å². The number of unbranched alkanes of at least 4 members (excludes halogenated alkanes) is 1. The van der Waals surface area contributed by atoms with E-state index in [4.69, 9.17) is 9.15 Å². The minimum atomic E-state index is -0.471. The SMILES string of the molecule is CCCCOC(=O)c1ccc2nc(NC(=O)c3cccc(-c4cc5ccccc5oc4=O)c3)sc2c1. The van der Waals surface area contributed by atoms with Crippen LogP contribution >= 0.6 is 11.3 Å². The number of ether oxygens (including phenoxy) is 1. The maximum absolute atomic E-state index is 13.0. The maximum atomic E-state index is 13.0. The molecule has 0 fully saturated rings. The number of nitrogens with one attached hydrogen (secondary N) is 1. The fraction of sp³-hybridized carbons (Fsp3) is 0.143. The van der Waals surface area contributed by atoms with E-state index in [2.05, 4.69) is 10.3 Å². The van der Waals surface area contributed by atoms with Crippen molar-refractivity contribution < 1.29 is 18.7 Å². The minimum absolute atomic E-state index is 0.361. The van der Waals surface area contributed by atoms with Crippen molar-refractivity contribution in [2.24, 2.45) is 0 Å². The minimum Gasteiger partial charge on any atom is -0.462 e. The van der Waals surface area contributed by atoms with Crippen molar-refractivity contribution >= 4 is 49.5 Å². The fourth-order valence-electron chi connectivity index (χ4n) is 3.76. The zero-order valence-electron chi connectivity index (χ0n) is 19.4. The number of carbonyl (C=O) groups is 2. The first-order valence-corrected chi connectivity index (χ1v) is 12.4. The molecule has 0 saturated carbocycles. The molecule has 0 aliphatic rings. The normalized spacial score (nSPS) is 11.0. The molecule has 3 aromatic carbocycles. The molecule has 1 amide bonds. The Balaban J connectivity index is 1.36. The summed E-state index contributed by atoms with van der Waals surface area (Å²) in [6, 6.07) is 20.9. The molecule has 5 aromatic rings. The number of esters is 1. The summed E-state index contributed by atoms with van der Waals surface area (Å²) >= 11 is 1.27. The van der Waals surface area contributed by atoms with Gasteiger partial charge in [-0.15, -0.1) is 0 Å². The lowest BCUT2D eigenvalue weighted by Gasteiger charge is -2.06. The van der Waals surface area contributed by atoms with Gasteiger partial charge in [0.05, 0.1) is 28.0 Å². The first kappa shape index (κ1) is 23.4. The van der Waals surface area contributed by atoms with Gasteiger partial charge in [0.1, 0.15) is 5.58 Å². The van der Waals surface area contributed by atoms with Crippen molar-refractivity contribution in [3.63, 3.8) is 0 Å². The second-order valence-corrected chi connectivity index (χ2v) is 9.24. The zero-order chi connectivity index (χ0) is 25.1. The summed E-state index contributed by atoms with van der Waals surface area (Å²) < 4.78 is 11.5. The van der Waals surface area contributed by atoms with E-state index < -0.39 is 5.63 Å². The molecule has 1 N–H and O–H groups in total. The van der Waals surface area contributed by atoms with E-state index in [-0.39, 0.29) is 11.9 Å². The van der Waals surface area contributed by atoms with Gasteiger partial charge in [0, 0.05) is 10.9 Å². The third kappa shape index (κ3) is 4.89. The molecule has 0 spiro atoms. The van der Waals surface area contributed by atoms with Gasteiger partial charge in [-0.25, -0.2) is 14.6 Å². The standard InChI is InChI=1S/C28H22N2O5S/c1-2-3-13-34-26(32)20-11-12-22-24(16-20)36-28(29-22)30-25(31)19-9-6-8-17(14-19)21-15-18-7-4-5-10-23(18)35-27(21)33/h4-12,14-16H,2-3,13H2,1H3,(H,29,30,31). The van der Waals surface area contributed by atoms with Crippen molar-refractivity contribution in [1.29, 1.82) is 0 Å². The number of aromatic nitrogens is 1. The highest BCUT2D eigenvalue weighted by Crippen LogP contribution is 2.28. The molecule has 2 aromatic heterocycles. The predicted octanol–water partition coefficient (Wildman–Crippen LogP) is 6.28. The summed E-state index contributed by atoms with van der Waals surface area (Å²) in [7, 11) is 0. The fourth-order valence-corrected chi connectivity index (χ4v) is 4.66. The van der Waals surface area contributed by atoms with Gasteiger partial charge in [-0.05, 0) is 54.4 Å². The largest absolute Gasteiger partial charge is 0.462 e. The number of fused-ring (bicyclic) bond motifs is 2. The van der Waals surface area contributed by atoms with E-state index in [0.717, 1.165) is 22.9 Å². The average molecular weight is 499 g/mol. The van der Waals surface area contributed by atoms with Crippen LogP contribution in [0.15, 0.2) is 82.0 Å². The molecule has 0 aliphatic heterocycles. The molecule has 5 rings (SSSR count). The molecule has 0 saturated heterocycles. The highest BCUT2D eigenvalue weighted by atomic mass is 32.1. The summed E-state index contributed by atoms with van der Waals surface area (Å²) in [5.41, 5.74) is 2.48. The summed E-state index contributed by atoms with van der Waals surface area (Å²) in [4.78, 5) is 42.2. The Hall–Kier alpha value is -4.30. The van der Waals surface area contributed by atoms with Crippen LogP contribution in [0.1, 0.15) is 40.5 Å². The quantitative estimate of drug-likeness (QED) is 0.161. The smallest absolute Gasteiger partial charge is 0.344 e. The van der Waals surface area contributed by atoms with Crippen LogP contribution in [0.5, 0.6) is 0 Å². The highest BCUT2D eigenvalue weighted by Gasteiger charge is 2.15. The van der Waals surface area contributed by atoms with Crippen LogP contribution in [-0.4, -0.2) is 23.5 Å². The number of thiazole rings is 1. The lowest BCUT2D eigenvalue weighted by Crippen LogP contribution is -2.12. The Labute approximate surface area is 210 Å². The van der Waals surface area contributed by atoms with E-state index in [0.29, 0.717) is 45.1 Å². The maximum Gasteiger partial charge on any atom is 0.344 e. The molecule has 0 aliphatic carbocycles. The van der Waals surface area contributed by atoms with Crippen molar-refractivity contribution in [2.75, 3.05) is 11.9 Å². The van der Waals surface area contributed by atoms with E-state index in [9.17, 15) is 14.4 Å². The van der Waals surface area contributed by atoms with Gasteiger partial charge in [-0.1, -0.05) is 55.0 Å². The second kappa shape index (κ2) is 10.1. The number of hydrogen-bond donors (Lipinski definition) is 1. The molecular formula is C28H22N2O5S. The zero-order valence-corrected chi connectivity index (χ0v) is 20.3. The van der Waals surface area contributed by atoms with Gasteiger partial charge in [0.2, 0.25) is 0 Å². The van der Waals surface area contributed by atoms with Crippen molar-refractivity contribution in [3.8, 4) is 11.1 Å². The van der Waals surface area contributed by atoms with Crippen LogP contribution in [0, 0.1) is 0 Å². The highest BCUT2D eigenvalue weighted by molar-refractivity contribution is 7.22. The van der Waals surface area contributed by atoms with Crippen LogP contribution in [0.25, 0.3) is 32.3 Å². The molecule has 8 heteroatoms. The summed E-state index contributed by atoms with van der Waals surface area (Å²) in [6.07, 6.45) is 1.76. The molecule has 2 heterocycles. The molecule has 0 unspecified atom stereocenters. The van der Waals surface area contributed by atoms with Crippen LogP contribution in [-0.2, 0) is 4.74 Å². The Morgan fingerprint density at radius 3 is 2.72 bits per heavy atom. The topological polar surface area (TPSA) is 98.5 Å². The molecular weight excluding hydrogens is 476 g/mol. The number of anilines is 1. The van der Waals surface area contributed by atoms with Gasteiger partial charge >= 0.3 is 11.6 Å². The third-order valence-corrected chi connectivity index (χ3v) is 6.59. The molecule has 0 bridgehead atoms. The van der Waals surface area contributed by atoms with Crippen molar-refractivity contribution in [1.82, 2.24) is 4.98 Å². The van der Waals surface area contributed by atoms with E-state index in [1.165, 1.54) is 11.3 Å². The van der Waals surface area contributed by atoms with Gasteiger partial charge in [0.15, 0.2) is 5.13 Å². The van der Waals surface area contributed by atoms with Crippen molar-refractivity contribution in [3.05, 3.63) is 94.3 Å². The molecule has 7 nitrogen and oxygen atoms in total. The first-order valence-electron chi connectivity index (χ1n) is 11.5. The van der Waals surface area contributed by atoms with Crippen LogP contribution in [0.3, 0.4) is 0 Å². The van der Waals surface area contributed by atoms with Gasteiger partial charge in [0.25, 0.3) is 5.91 Å². The number of hydrogen-bond acceptors (Lipinski definition) is 7. The number of carbonyl (C=O) groups excluding carboxylic acids is 2. The van der Waals surface area contributed by atoms with E-state index in [1.54, 1.807) is 60.7 Å². The Bertz CT molecular complexity index is 1650. The molecule has 180 valence electrons. The van der Waals surface area contributed by atoms with Gasteiger partial charge in [-0.2, -0.15) is 0 Å². The lowest BCUT2D eigenvalue weighted by molar-refractivity contribution is 0.0500. The molecule has 0 atom stereocenters. The number of nitrogens with zero attached hydrogens (tertiary/aromatic N) is 1. The predicted molar refractivity (Wildman–Crippen MR) is 141 cm³/mol. The number of para-hydroxylation sites is 1. The monoisotopic (exact) mass is 498 g/mol. The van der Waals surface area contributed by atoms with E-state index in [1.807, 2.05) is 19.1 Å². The molecule has 0 radical (unpaired) electrons. The number of benzene rings is 3. The van der Waals surface area contributed by atoms with Gasteiger partial charge in [-0.3, -0.25) is 10.1 Å². The van der Waals surface area contributed by atoms with Crippen LogP contribution < -0.4 is 10.9 Å².